The van der Waals surface area contributed by atoms with Gasteiger partial charge in [-0.1, -0.05) is 13.8 Å². The van der Waals surface area contributed by atoms with E-state index in [0.29, 0.717) is 6.54 Å². The summed E-state index contributed by atoms with van der Waals surface area (Å²) >= 11 is 0. The fourth-order valence-electron chi connectivity index (χ4n) is 3.00. The summed E-state index contributed by atoms with van der Waals surface area (Å²) in [7, 11) is 2.91. The van der Waals surface area contributed by atoms with E-state index < -0.39 is 11.2 Å². The fraction of sp³-hybridized carbons (Fsp3) is 0.562. The van der Waals surface area contributed by atoms with Crippen molar-refractivity contribution >= 4 is 5.82 Å². The highest BCUT2D eigenvalue weighted by Gasteiger charge is 2.25. The molecule has 0 radical (unpaired) electrons. The highest BCUT2D eigenvalue weighted by atomic mass is 16.2. The molecule has 0 bridgehead atoms. The van der Waals surface area contributed by atoms with E-state index in [0.717, 1.165) is 29.1 Å². The third-order valence-corrected chi connectivity index (χ3v) is 4.51. The lowest BCUT2D eigenvalue weighted by atomic mass is 10.1. The van der Waals surface area contributed by atoms with Gasteiger partial charge in [0.25, 0.3) is 5.56 Å². The molecule has 1 N–H and O–H groups in total. The first kappa shape index (κ1) is 17.0. The second kappa shape index (κ2) is 6.20. The maximum absolute atomic E-state index is 12.2. The molecule has 2 aromatic rings. The smallest absolute Gasteiger partial charge is 0.332 e. The molecule has 9 heteroatoms. The van der Waals surface area contributed by atoms with Gasteiger partial charge < -0.3 is 5.32 Å². The van der Waals surface area contributed by atoms with E-state index in [9.17, 15) is 14.9 Å². The number of aryl methyl sites for hydroxylation is 1. The van der Waals surface area contributed by atoms with Crippen LogP contribution in [0.15, 0.2) is 9.59 Å². The SMILES string of the molecule is CC(C)c1nc2n(n1)CC(Nc1c(C#N)c(=O)n(C)c(=O)n1C)CC2. The van der Waals surface area contributed by atoms with Crippen LogP contribution in [-0.4, -0.2) is 29.9 Å². The number of fused-ring (bicyclic) bond motifs is 1. The monoisotopic (exact) mass is 343 g/mol. The van der Waals surface area contributed by atoms with Crippen LogP contribution in [0.5, 0.6) is 0 Å². The molecule has 3 rings (SSSR count). The third kappa shape index (κ3) is 2.84. The molecule has 0 fully saturated rings. The molecule has 0 spiro atoms. The Morgan fingerprint density at radius 3 is 2.64 bits per heavy atom. The van der Waals surface area contributed by atoms with Crippen molar-refractivity contribution in [2.45, 2.75) is 45.2 Å². The van der Waals surface area contributed by atoms with Crippen LogP contribution < -0.4 is 16.6 Å². The normalized spacial score (nSPS) is 16.6. The minimum atomic E-state index is -0.590. The summed E-state index contributed by atoms with van der Waals surface area (Å²) in [6.07, 6.45) is 1.53. The minimum Gasteiger partial charge on any atom is -0.365 e. The molecule has 0 amide bonds. The Labute approximate surface area is 144 Å². The van der Waals surface area contributed by atoms with Gasteiger partial charge in [0, 0.05) is 32.5 Å². The predicted molar refractivity (Wildman–Crippen MR) is 91.5 cm³/mol. The Morgan fingerprint density at radius 1 is 1.28 bits per heavy atom. The average Bonchev–Trinajstić information content (AvgIpc) is 3.02. The molecule has 1 atom stereocenters. The van der Waals surface area contributed by atoms with Crippen molar-refractivity contribution in [2.24, 2.45) is 14.1 Å². The molecule has 1 aliphatic rings. The molecule has 2 aromatic heterocycles. The van der Waals surface area contributed by atoms with Crippen LogP contribution in [0.1, 0.15) is 43.4 Å². The first-order chi connectivity index (χ1) is 11.8. The number of hydrogen-bond donors (Lipinski definition) is 1. The lowest BCUT2D eigenvalue weighted by Crippen LogP contribution is -2.42. The van der Waals surface area contributed by atoms with E-state index in [-0.39, 0.29) is 23.3 Å². The average molecular weight is 343 g/mol. The van der Waals surface area contributed by atoms with E-state index in [4.69, 9.17) is 0 Å². The maximum Gasteiger partial charge on any atom is 0.332 e. The highest BCUT2D eigenvalue weighted by Crippen LogP contribution is 2.20. The first-order valence-electron chi connectivity index (χ1n) is 8.23. The quantitative estimate of drug-likeness (QED) is 0.846. The van der Waals surface area contributed by atoms with Crippen LogP contribution in [-0.2, 0) is 27.1 Å². The Bertz CT molecular complexity index is 974. The van der Waals surface area contributed by atoms with Crippen LogP contribution in [0.2, 0.25) is 0 Å². The van der Waals surface area contributed by atoms with E-state index in [1.54, 1.807) is 7.05 Å². The number of rotatable bonds is 3. The lowest BCUT2D eigenvalue weighted by Gasteiger charge is -2.25. The minimum absolute atomic E-state index is 0.0426. The second-order valence-electron chi connectivity index (χ2n) is 6.64. The Kier molecular flexibility index (Phi) is 4.20. The molecule has 0 aromatic carbocycles. The van der Waals surface area contributed by atoms with Gasteiger partial charge in [-0.3, -0.25) is 13.9 Å². The van der Waals surface area contributed by atoms with Crippen molar-refractivity contribution in [2.75, 3.05) is 5.32 Å². The van der Waals surface area contributed by atoms with Crippen molar-refractivity contribution in [1.82, 2.24) is 23.9 Å². The Hall–Kier alpha value is -2.89. The molecule has 0 saturated heterocycles. The van der Waals surface area contributed by atoms with E-state index in [1.165, 1.54) is 11.6 Å². The number of anilines is 1. The molecule has 0 saturated carbocycles. The third-order valence-electron chi connectivity index (χ3n) is 4.51. The van der Waals surface area contributed by atoms with Crippen molar-refractivity contribution in [3.05, 3.63) is 38.1 Å². The fourth-order valence-corrected chi connectivity index (χ4v) is 3.00. The van der Waals surface area contributed by atoms with Gasteiger partial charge in [-0.15, -0.1) is 0 Å². The summed E-state index contributed by atoms with van der Waals surface area (Å²) in [5.41, 5.74) is -1.12. The van der Waals surface area contributed by atoms with Gasteiger partial charge in [0.2, 0.25) is 0 Å². The zero-order valence-electron chi connectivity index (χ0n) is 14.8. The summed E-state index contributed by atoms with van der Waals surface area (Å²) in [5, 5.41) is 17.1. The van der Waals surface area contributed by atoms with Gasteiger partial charge in [-0.2, -0.15) is 10.4 Å². The molecule has 3 heterocycles. The van der Waals surface area contributed by atoms with E-state index in [2.05, 4.69) is 15.4 Å². The first-order valence-corrected chi connectivity index (χ1v) is 8.23. The molecule has 1 aliphatic heterocycles. The summed E-state index contributed by atoms with van der Waals surface area (Å²) in [4.78, 5) is 28.9. The number of nitriles is 1. The van der Waals surface area contributed by atoms with E-state index in [1.807, 2.05) is 24.6 Å². The predicted octanol–water partition coefficient (Wildman–Crippen LogP) is 0.0975. The van der Waals surface area contributed by atoms with Gasteiger partial charge in [0.1, 0.15) is 17.7 Å². The zero-order valence-corrected chi connectivity index (χ0v) is 14.8. The standard InChI is InChI=1S/C16H21N7O2/c1-9(2)13-19-12-6-5-10(8-23(12)20-13)18-14-11(7-17)15(24)22(4)16(25)21(14)3/h9-10,18H,5-6,8H2,1-4H3. The van der Waals surface area contributed by atoms with E-state index >= 15 is 0 Å². The van der Waals surface area contributed by atoms with Crippen LogP contribution >= 0.6 is 0 Å². The van der Waals surface area contributed by atoms with Crippen molar-refractivity contribution in [3.63, 3.8) is 0 Å². The topological polar surface area (TPSA) is 111 Å². The van der Waals surface area contributed by atoms with Crippen LogP contribution in [0.25, 0.3) is 0 Å². The van der Waals surface area contributed by atoms with Gasteiger partial charge in [-0.05, 0) is 6.42 Å². The summed E-state index contributed by atoms with van der Waals surface area (Å²) in [6.45, 7) is 4.67. The van der Waals surface area contributed by atoms with Crippen LogP contribution in [0.4, 0.5) is 5.82 Å². The Balaban J connectivity index is 1.93. The molecule has 0 aliphatic carbocycles. The molecular weight excluding hydrogens is 322 g/mol. The van der Waals surface area contributed by atoms with Gasteiger partial charge in [-0.25, -0.2) is 14.5 Å². The van der Waals surface area contributed by atoms with Crippen molar-refractivity contribution < 1.29 is 0 Å². The van der Waals surface area contributed by atoms with Gasteiger partial charge >= 0.3 is 5.69 Å². The molecular formula is C16H21N7O2. The number of nitrogens with zero attached hydrogens (tertiary/aromatic N) is 6. The maximum atomic E-state index is 12.2. The molecule has 9 nitrogen and oxygen atoms in total. The van der Waals surface area contributed by atoms with Crippen LogP contribution in [0, 0.1) is 11.3 Å². The zero-order chi connectivity index (χ0) is 18.3. The molecule has 132 valence electrons. The summed E-state index contributed by atoms with van der Waals surface area (Å²) in [6, 6.07) is 1.87. The van der Waals surface area contributed by atoms with Gasteiger partial charge in [0.15, 0.2) is 11.4 Å². The molecule has 1 unspecified atom stereocenters. The van der Waals surface area contributed by atoms with Crippen molar-refractivity contribution in [1.29, 1.82) is 5.26 Å². The number of aromatic nitrogens is 5. The largest absolute Gasteiger partial charge is 0.365 e. The highest BCUT2D eigenvalue weighted by molar-refractivity contribution is 5.51. The van der Waals surface area contributed by atoms with Crippen LogP contribution in [0.3, 0.4) is 0 Å². The lowest BCUT2D eigenvalue weighted by molar-refractivity contribution is 0.437. The summed E-state index contributed by atoms with van der Waals surface area (Å²) in [5.74, 6) is 2.27. The number of hydrogen-bond acceptors (Lipinski definition) is 6. The summed E-state index contributed by atoms with van der Waals surface area (Å²) < 4.78 is 4.10. The van der Waals surface area contributed by atoms with Gasteiger partial charge in [0.05, 0.1) is 6.54 Å². The van der Waals surface area contributed by atoms with Crippen molar-refractivity contribution in [3.8, 4) is 6.07 Å². The molecule has 25 heavy (non-hydrogen) atoms. The Morgan fingerprint density at radius 2 is 2.00 bits per heavy atom. The second-order valence-corrected chi connectivity index (χ2v) is 6.64. The number of nitrogens with one attached hydrogen (secondary N) is 1.